The smallest absolute Gasteiger partial charge is 0.279 e. The van der Waals surface area contributed by atoms with E-state index in [1.807, 2.05) is 31.3 Å². The number of carbonyl (C=O) groups is 2. The highest BCUT2D eigenvalue weighted by Gasteiger charge is 2.14. The van der Waals surface area contributed by atoms with Gasteiger partial charge in [0.2, 0.25) is 0 Å². The zero-order valence-electron chi connectivity index (χ0n) is 15.3. The lowest BCUT2D eigenvalue weighted by Crippen LogP contribution is -3.11. The number of quaternary nitrogens is 1. The Bertz CT molecular complexity index is 743. The summed E-state index contributed by atoms with van der Waals surface area (Å²) in [4.78, 5) is 26.1. The van der Waals surface area contributed by atoms with Gasteiger partial charge in [0.25, 0.3) is 11.8 Å². The van der Waals surface area contributed by atoms with Crippen LogP contribution in [0.5, 0.6) is 0 Å². The molecule has 2 amide bonds. The Kier molecular flexibility index (Phi) is 9.18. The second-order valence-corrected chi connectivity index (χ2v) is 7.78. The zero-order chi connectivity index (χ0) is 19.5. The van der Waals surface area contributed by atoms with Crippen LogP contribution in [0.4, 0.5) is 5.69 Å². The lowest BCUT2D eigenvalue weighted by atomic mass is 10.3. The number of rotatable bonds is 10. The molecule has 2 aromatic rings. The summed E-state index contributed by atoms with van der Waals surface area (Å²) in [6.07, 6.45) is 0.900. The first-order chi connectivity index (χ1) is 13.0. The molecule has 27 heavy (non-hydrogen) atoms. The fraction of sp³-hybridized carbons (Fsp3) is 0.300. The number of anilines is 1. The van der Waals surface area contributed by atoms with E-state index in [9.17, 15) is 9.59 Å². The van der Waals surface area contributed by atoms with E-state index in [1.54, 1.807) is 30.0 Å². The van der Waals surface area contributed by atoms with Crippen molar-refractivity contribution in [2.75, 3.05) is 37.8 Å². The van der Waals surface area contributed by atoms with Crippen LogP contribution in [0.1, 0.15) is 6.42 Å². The third-order valence-corrected chi connectivity index (χ3v) is 5.16. The van der Waals surface area contributed by atoms with Crippen molar-refractivity contribution in [1.29, 1.82) is 0 Å². The van der Waals surface area contributed by atoms with Crippen molar-refractivity contribution in [1.82, 2.24) is 5.32 Å². The molecule has 0 heterocycles. The van der Waals surface area contributed by atoms with Crippen molar-refractivity contribution in [2.24, 2.45) is 0 Å². The van der Waals surface area contributed by atoms with Crippen molar-refractivity contribution >= 4 is 40.9 Å². The Morgan fingerprint density at radius 2 is 1.67 bits per heavy atom. The van der Waals surface area contributed by atoms with Gasteiger partial charge < -0.3 is 15.5 Å². The first-order valence-electron chi connectivity index (χ1n) is 8.85. The van der Waals surface area contributed by atoms with Gasteiger partial charge in [-0.2, -0.15) is 0 Å². The van der Waals surface area contributed by atoms with Gasteiger partial charge in [0, 0.05) is 11.4 Å². The van der Waals surface area contributed by atoms with Gasteiger partial charge in [0.15, 0.2) is 13.1 Å². The molecule has 0 spiro atoms. The molecule has 1 unspecified atom stereocenters. The molecule has 2 aromatic carbocycles. The maximum Gasteiger partial charge on any atom is 0.279 e. The largest absolute Gasteiger partial charge is 0.351 e. The van der Waals surface area contributed by atoms with Crippen LogP contribution in [0.25, 0.3) is 0 Å². The zero-order valence-corrected chi connectivity index (χ0v) is 16.9. The van der Waals surface area contributed by atoms with E-state index in [4.69, 9.17) is 11.6 Å². The van der Waals surface area contributed by atoms with Gasteiger partial charge in [-0.05, 0) is 36.4 Å². The lowest BCUT2D eigenvalue weighted by Gasteiger charge is -2.14. The molecule has 144 valence electrons. The predicted molar refractivity (Wildman–Crippen MR) is 111 cm³/mol. The number of para-hydroxylation sites is 1. The summed E-state index contributed by atoms with van der Waals surface area (Å²) in [7, 11) is 1.82. The molecule has 2 rings (SSSR count). The minimum atomic E-state index is -0.173. The number of benzene rings is 2. The summed E-state index contributed by atoms with van der Waals surface area (Å²) in [5, 5.41) is 6.16. The topological polar surface area (TPSA) is 62.6 Å². The number of nitrogens with one attached hydrogen (secondary N) is 3. The Morgan fingerprint density at radius 3 is 2.41 bits per heavy atom. The van der Waals surface area contributed by atoms with Crippen LogP contribution >= 0.6 is 23.4 Å². The molecule has 1 atom stereocenters. The molecule has 0 aliphatic rings. The van der Waals surface area contributed by atoms with E-state index in [0.717, 1.165) is 17.1 Å². The fourth-order valence-corrected chi connectivity index (χ4v) is 3.49. The van der Waals surface area contributed by atoms with Gasteiger partial charge in [-0.15, -0.1) is 11.8 Å². The highest BCUT2D eigenvalue weighted by molar-refractivity contribution is 7.99. The van der Waals surface area contributed by atoms with Gasteiger partial charge in [0.05, 0.1) is 17.8 Å². The van der Waals surface area contributed by atoms with Crippen molar-refractivity contribution in [2.45, 2.75) is 11.3 Å². The normalized spacial score (nSPS) is 11.6. The van der Waals surface area contributed by atoms with Crippen LogP contribution in [0.2, 0.25) is 5.02 Å². The summed E-state index contributed by atoms with van der Waals surface area (Å²) < 4.78 is 0. The number of hydrogen-bond donors (Lipinski definition) is 3. The van der Waals surface area contributed by atoms with Crippen molar-refractivity contribution in [3.63, 3.8) is 0 Å². The monoisotopic (exact) mass is 406 g/mol. The number of amides is 2. The van der Waals surface area contributed by atoms with E-state index in [-0.39, 0.29) is 24.9 Å². The third kappa shape index (κ3) is 8.47. The minimum absolute atomic E-state index is 0.0530. The molecule has 0 aliphatic heterocycles. The fourth-order valence-electron chi connectivity index (χ4n) is 2.44. The van der Waals surface area contributed by atoms with E-state index in [0.29, 0.717) is 17.3 Å². The van der Waals surface area contributed by atoms with Gasteiger partial charge in [-0.3, -0.25) is 9.59 Å². The molecule has 0 saturated carbocycles. The van der Waals surface area contributed by atoms with Crippen molar-refractivity contribution in [3.8, 4) is 0 Å². The Morgan fingerprint density at radius 1 is 1.00 bits per heavy atom. The van der Waals surface area contributed by atoms with Crippen LogP contribution in [-0.4, -0.2) is 44.2 Å². The summed E-state index contributed by atoms with van der Waals surface area (Å²) in [5.74, 6) is 0.725. The highest BCUT2D eigenvalue weighted by Crippen LogP contribution is 2.20. The number of thioether (sulfide) groups is 1. The summed E-state index contributed by atoms with van der Waals surface area (Å²) in [6.45, 7) is 1.09. The average Bonchev–Trinajstić information content (AvgIpc) is 2.64. The molecular weight excluding hydrogens is 382 g/mol. The summed E-state index contributed by atoms with van der Waals surface area (Å²) in [5.41, 5.74) is 0.581. The minimum Gasteiger partial charge on any atom is -0.351 e. The Hall–Kier alpha value is -2.02. The van der Waals surface area contributed by atoms with Crippen molar-refractivity contribution < 1.29 is 14.5 Å². The summed E-state index contributed by atoms with van der Waals surface area (Å²) in [6, 6.07) is 17.3. The second-order valence-electron chi connectivity index (χ2n) is 6.20. The SMILES string of the molecule is C[NH+](CC(=O)NCCCSc1ccccc1)CC(=O)Nc1ccccc1Cl. The maximum absolute atomic E-state index is 12.1. The molecule has 0 bridgehead atoms. The average molecular weight is 407 g/mol. The molecular formula is C20H25ClN3O2S+. The number of hydrogen-bond acceptors (Lipinski definition) is 3. The van der Waals surface area contributed by atoms with Gasteiger partial charge in [-0.25, -0.2) is 0 Å². The van der Waals surface area contributed by atoms with Gasteiger partial charge >= 0.3 is 0 Å². The van der Waals surface area contributed by atoms with E-state index < -0.39 is 0 Å². The van der Waals surface area contributed by atoms with E-state index in [2.05, 4.69) is 22.8 Å². The number of halogens is 1. The molecule has 0 fully saturated rings. The first kappa shape index (κ1) is 21.3. The van der Waals surface area contributed by atoms with E-state index >= 15 is 0 Å². The molecule has 0 saturated heterocycles. The maximum atomic E-state index is 12.1. The van der Waals surface area contributed by atoms with E-state index in [1.165, 1.54) is 4.90 Å². The van der Waals surface area contributed by atoms with Gasteiger partial charge in [-0.1, -0.05) is 41.9 Å². The quantitative estimate of drug-likeness (QED) is 0.418. The van der Waals surface area contributed by atoms with Crippen molar-refractivity contribution in [3.05, 3.63) is 59.6 Å². The van der Waals surface area contributed by atoms with Gasteiger partial charge in [0.1, 0.15) is 0 Å². The summed E-state index contributed by atoms with van der Waals surface area (Å²) >= 11 is 7.80. The highest BCUT2D eigenvalue weighted by atomic mass is 35.5. The molecule has 0 radical (unpaired) electrons. The standard InChI is InChI=1S/C20H24ClN3O2S/c1-24(15-20(26)23-18-11-6-5-10-17(18)21)14-19(25)22-12-7-13-27-16-8-3-2-4-9-16/h2-6,8-11H,7,12-15H2,1H3,(H,22,25)(H,23,26)/p+1. The molecule has 5 nitrogen and oxygen atoms in total. The molecule has 0 aliphatic carbocycles. The third-order valence-electron chi connectivity index (χ3n) is 3.73. The molecule has 0 aromatic heterocycles. The first-order valence-corrected chi connectivity index (χ1v) is 10.2. The van der Waals surface area contributed by atoms with Crippen LogP contribution in [0.15, 0.2) is 59.5 Å². The molecule has 3 N–H and O–H groups in total. The van der Waals surface area contributed by atoms with Crippen LogP contribution in [0.3, 0.4) is 0 Å². The second kappa shape index (κ2) is 11.6. The number of carbonyl (C=O) groups excluding carboxylic acids is 2. The molecule has 7 heteroatoms. The predicted octanol–water partition coefficient (Wildman–Crippen LogP) is 2.09. The van der Waals surface area contributed by atoms with Crippen LogP contribution in [-0.2, 0) is 9.59 Å². The Balaban J connectivity index is 1.59. The van der Waals surface area contributed by atoms with Crippen LogP contribution in [0, 0.1) is 0 Å². The number of likely N-dealkylation sites (N-methyl/N-ethyl adjacent to an activating group) is 1. The van der Waals surface area contributed by atoms with Crippen LogP contribution < -0.4 is 15.5 Å². The lowest BCUT2D eigenvalue weighted by molar-refractivity contribution is -0.862. The Labute approximate surface area is 169 Å².